The lowest BCUT2D eigenvalue weighted by molar-refractivity contribution is -0.147. The molecule has 8 heteroatoms. The molecule has 0 aliphatic heterocycles. The number of hydrogen-bond donors (Lipinski definition) is 2. The van der Waals surface area contributed by atoms with Gasteiger partial charge in [0.1, 0.15) is 5.60 Å². The maximum absolute atomic E-state index is 11.8. The molecule has 0 aromatic heterocycles. The van der Waals surface area contributed by atoms with E-state index in [-0.39, 0.29) is 18.7 Å². The third-order valence-electron chi connectivity index (χ3n) is 2.94. The van der Waals surface area contributed by atoms with Crippen molar-refractivity contribution in [1.82, 2.24) is 5.32 Å². The minimum absolute atomic E-state index is 0.0303. The Kier molecular flexibility index (Phi) is 7.77. The number of para-hydroxylation sites is 1. The Hall–Kier alpha value is -2.90. The van der Waals surface area contributed by atoms with E-state index in [9.17, 15) is 19.2 Å². The number of anilines is 1. The fourth-order valence-corrected chi connectivity index (χ4v) is 1.88. The summed E-state index contributed by atoms with van der Waals surface area (Å²) in [6, 6.07) is 6.54. The van der Waals surface area contributed by atoms with Crippen LogP contribution in [-0.4, -0.2) is 42.5 Å². The van der Waals surface area contributed by atoms with E-state index in [4.69, 9.17) is 9.47 Å². The van der Waals surface area contributed by atoms with Gasteiger partial charge in [-0.15, -0.1) is 0 Å². The average Bonchev–Trinajstić information content (AvgIpc) is 2.51. The van der Waals surface area contributed by atoms with Gasteiger partial charge in [0.15, 0.2) is 12.4 Å². The van der Waals surface area contributed by atoms with Crippen LogP contribution in [0.3, 0.4) is 0 Å². The monoisotopic (exact) mass is 364 g/mol. The Bertz CT molecular complexity index is 679. The van der Waals surface area contributed by atoms with Crippen molar-refractivity contribution < 1.29 is 28.7 Å². The summed E-state index contributed by atoms with van der Waals surface area (Å²) >= 11 is 0. The summed E-state index contributed by atoms with van der Waals surface area (Å²) in [5, 5.41) is 4.94. The molecule has 0 spiro atoms. The molecule has 1 rings (SSSR count). The van der Waals surface area contributed by atoms with Gasteiger partial charge >= 0.3 is 12.1 Å². The second-order valence-electron chi connectivity index (χ2n) is 6.49. The number of ketones is 1. The standard InChI is InChI=1S/C18H24N2O6/c1-12(21)13-7-5-6-8-14(13)20-15(22)11-25-16(23)9-10-19-17(24)26-18(2,3)4/h5-8H,9-11H2,1-4H3,(H,19,24)(H,20,22). The van der Waals surface area contributed by atoms with Gasteiger partial charge in [-0.1, -0.05) is 12.1 Å². The SMILES string of the molecule is CC(=O)c1ccccc1NC(=O)COC(=O)CCNC(=O)OC(C)(C)C. The van der Waals surface area contributed by atoms with E-state index in [0.29, 0.717) is 11.3 Å². The quantitative estimate of drug-likeness (QED) is 0.567. The summed E-state index contributed by atoms with van der Waals surface area (Å²) in [6.45, 7) is 6.11. The molecule has 0 bridgehead atoms. The summed E-state index contributed by atoms with van der Waals surface area (Å²) in [6.07, 6.45) is -0.736. The van der Waals surface area contributed by atoms with Gasteiger partial charge < -0.3 is 20.1 Å². The van der Waals surface area contributed by atoms with Crippen LogP contribution in [0.2, 0.25) is 0 Å². The topological polar surface area (TPSA) is 111 Å². The molecule has 1 aromatic carbocycles. The molecule has 0 saturated carbocycles. The minimum atomic E-state index is -0.643. The Morgan fingerprint density at radius 2 is 1.73 bits per heavy atom. The molecule has 142 valence electrons. The number of nitrogens with one attached hydrogen (secondary N) is 2. The van der Waals surface area contributed by atoms with Crippen molar-refractivity contribution in [3.8, 4) is 0 Å². The molecule has 2 N–H and O–H groups in total. The van der Waals surface area contributed by atoms with E-state index >= 15 is 0 Å². The highest BCUT2D eigenvalue weighted by atomic mass is 16.6. The van der Waals surface area contributed by atoms with E-state index < -0.39 is 30.2 Å². The van der Waals surface area contributed by atoms with Crippen LogP contribution in [0.15, 0.2) is 24.3 Å². The molecule has 0 atom stereocenters. The normalized spacial score (nSPS) is 10.6. The van der Waals surface area contributed by atoms with Gasteiger partial charge in [0.2, 0.25) is 0 Å². The predicted octanol–water partition coefficient (Wildman–Crippen LogP) is 2.29. The van der Waals surface area contributed by atoms with E-state index in [2.05, 4.69) is 10.6 Å². The number of alkyl carbamates (subject to hydrolysis) is 1. The molecule has 0 saturated heterocycles. The molecular weight excluding hydrogens is 340 g/mol. The number of ether oxygens (including phenoxy) is 2. The smallest absolute Gasteiger partial charge is 0.407 e. The minimum Gasteiger partial charge on any atom is -0.456 e. The first-order chi connectivity index (χ1) is 12.1. The van der Waals surface area contributed by atoms with Crippen molar-refractivity contribution in [2.24, 2.45) is 0 Å². The Morgan fingerprint density at radius 3 is 2.35 bits per heavy atom. The maximum atomic E-state index is 11.8. The largest absolute Gasteiger partial charge is 0.456 e. The number of carbonyl (C=O) groups is 4. The molecule has 0 heterocycles. The van der Waals surface area contributed by atoms with Crippen LogP contribution in [-0.2, 0) is 19.1 Å². The molecular formula is C18H24N2O6. The Labute approximate surface area is 152 Å². The highest BCUT2D eigenvalue weighted by Gasteiger charge is 2.16. The highest BCUT2D eigenvalue weighted by molar-refractivity contribution is 6.04. The van der Waals surface area contributed by atoms with Crippen LogP contribution in [0.25, 0.3) is 0 Å². The van der Waals surface area contributed by atoms with Gasteiger partial charge in [0, 0.05) is 12.1 Å². The van der Waals surface area contributed by atoms with E-state index in [1.807, 2.05) is 0 Å². The average molecular weight is 364 g/mol. The highest BCUT2D eigenvalue weighted by Crippen LogP contribution is 2.15. The van der Waals surface area contributed by atoms with Crippen molar-refractivity contribution in [3.05, 3.63) is 29.8 Å². The summed E-state index contributed by atoms with van der Waals surface area (Å²) < 4.78 is 9.85. The molecule has 0 aliphatic carbocycles. The van der Waals surface area contributed by atoms with Crippen LogP contribution < -0.4 is 10.6 Å². The third-order valence-corrected chi connectivity index (χ3v) is 2.94. The van der Waals surface area contributed by atoms with Gasteiger partial charge in [-0.2, -0.15) is 0 Å². The zero-order valence-electron chi connectivity index (χ0n) is 15.4. The summed E-state index contributed by atoms with van der Waals surface area (Å²) in [5.41, 5.74) is 0.0974. The lowest BCUT2D eigenvalue weighted by Gasteiger charge is -2.19. The van der Waals surface area contributed by atoms with Gasteiger partial charge in [-0.3, -0.25) is 14.4 Å². The van der Waals surface area contributed by atoms with Gasteiger partial charge in [0.25, 0.3) is 5.91 Å². The molecule has 0 radical (unpaired) electrons. The first kappa shape index (κ1) is 21.1. The molecule has 2 amide bonds. The third kappa shape index (κ3) is 8.27. The van der Waals surface area contributed by atoms with Crippen molar-refractivity contribution in [1.29, 1.82) is 0 Å². The Morgan fingerprint density at radius 1 is 1.08 bits per heavy atom. The molecule has 0 unspecified atom stereocenters. The molecule has 0 aliphatic rings. The number of esters is 1. The van der Waals surface area contributed by atoms with Gasteiger partial charge in [-0.25, -0.2) is 4.79 Å². The van der Waals surface area contributed by atoms with Gasteiger partial charge in [0.05, 0.1) is 12.1 Å². The second kappa shape index (κ2) is 9.55. The second-order valence-corrected chi connectivity index (χ2v) is 6.49. The fourth-order valence-electron chi connectivity index (χ4n) is 1.88. The molecule has 26 heavy (non-hydrogen) atoms. The van der Waals surface area contributed by atoms with Crippen molar-refractivity contribution in [2.45, 2.75) is 39.7 Å². The van der Waals surface area contributed by atoms with Crippen LogP contribution in [0.4, 0.5) is 10.5 Å². The van der Waals surface area contributed by atoms with E-state index in [1.54, 1.807) is 45.0 Å². The fraction of sp³-hybridized carbons (Fsp3) is 0.444. The lowest BCUT2D eigenvalue weighted by Crippen LogP contribution is -2.34. The van der Waals surface area contributed by atoms with Crippen LogP contribution in [0.1, 0.15) is 44.5 Å². The van der Waals surface area contributed by atoms with Crippen LogP contribution >= 0.6 is 0 Å². The summed E-state index contributed by atoms with van der Waals surface area (Å²) in [4.78, 5) is 46.3. The predicted molar refractivity (Wildman–Crippen MR) is 94.9 cm³/mol. The zero-order valence-corrected chi connectivity index (χ0v) is 15.4. The van der Waals surface area contributed by atoms with Crippen LogP contribution in [0.5, 0.6) is 0 Å². The Balaban J connectivity index is 2.34. The van der Waals surface area contributed by atoms with Crippen molar-refractivity contribution >= 4 is 29.4 Å². The van der Waals surface area contributed by atoms with Crippen LogP contribution in [0, 0.1) is 0 Å². The van der Waals surface area contributed by atoms with E-state index in [0.717, 1.165) is 0 Å². The summed E-state index contributed by atoms with van der Waals surface area (Å²) in [7, 11) is 0. The maximum Gasteiger partial charge on any atom is 0.407 e. The number of Topliss-reactive ketones (excluding diaryl/α,β-unsaturated/α-hetero) is 1. The molecule has 1 aromatic rings. The number of benzene rings is 1. The zero-order chi connectivity index (χ0) is 19.7. The number of hydrogen-bond acceptors (Lipinski definition) is 6. The van der Waals surface area contributed by atoms with Crippen molar-refractivity contribution in [2.75, 3.05) is 18.5 Å². The van der Waals surface area contributed by atoms with Crippen molar-refractivity contribution in [3.63, 3.8) is 0 Å². The van der Waals surface area contributed by atoms with E-state index in [1.165, 1.54) is 6.92 Å². The first-order valence-electron chi connectivity index (χ1n) is 8.11. The molecule has 0 fully saturated rings. The number of rotatable bonds is 7. The lowest BCUT2D eigenvalue weighted by atomic mass is 10.1. The molecule has 8 nitrogen and oxygen atoms in total. The number of amides is 2. The van der Waals surface area contributed by atoms with Gasteiger partial charge in [-0.05, 0) is 39.8 Å². The number of carbonyl (C=O) groups excluding carboxylic acids is 4. The summed E-state index contributed by atoms with van der Waals surface area (Å²) in [5.74, 6) is -1.39. The first-order valence-corrected chi connectivity index (χ1v) is 8.11.